The summed E-state index contributed by atoms with van der Waals surface area (Å²) in [6.45, 7) is 4.84. The Morgan fingerprint density at radius 3 is 2.62 bits per heavy atom. The van der Waals surface area contributed by atoms with E-state index in [9.17, 15) is 0 Å². The molecule has 114 valence electrons. The zero-order valence-electron chi connectivity index (χ0n) is 12.8. The average Bonchev–Trinajstić information content (AvgIpc) is 2.84. The van der Waals surface area contributed by atoms with E-state index in [0.717, 1.165) is 29.0 Å². The van der Waals surface area contributed by atoms with Crippen molar-refractivity contribution in [2.75, 3.05) is 7.05 Å². The maximum absolute atomic E-state index is 6.37. The van der Waals surface area contributed by atoms with Gasteiger partial charge in [-0.2, -0.15) is 0 Å². The molecule has 1 aromatic carbocycles. The summed E-state index contributed by atoms with van der Waals surface area (Å²) in [5, 5.41) is 0. The molecule has 1 aromatic heterocycles. The van der Waals surface area contributed by atoms with Crippen LogP contribution in [0.2, 0.25) is 0 Å². The van der Waals surface area contributed by atoms with Crippen molar-refractivity contribution < 1.29 is 4.42 Å². The van der Waals surface area contributed by atoms with Crippen LogP contribution in [0.3, 0.4) is 0 Å². The first kappa shape index (κ1) is 16.3. The summed E-state index contributed by atoms with van der Waals surface area (Å²) >= 11 is 3.54. The lowest BCUT2D eigenvalue weighted by molar-refractivity contribution is 0.187. The first-order chi connectivity index (χ1) is 10.0. The van der Waals surface area contributed by atoms with Gasteiger partial charge in [-0.05, 0) is 50.2 Å². The van der Waals surface area contributed by atoms with Crippen LogP contribution in [0, 0.1) is 6.92 Å². The molecule has 0 amide bonds. The topological polar surface area (TPSA) is 42.4 Å². The summed E-state index contributed by atoms with van der Waals surface area (Å²) in [7, 11) is 2.10. The SMILES string of the molecule is CCC(N)C(c1cccc(Br)c1)N(C)Cc1ccc(C)o1. The Labute approximate surface area is 135 Å². The first-order valence-corrected chi connectivity index (χ1v) is 8.07. The van der Waals surface area contributed by atoms with Gasteiger partial charge in [0.25, 0.3) is 0 Å². The molecule has 0 bridgehead atoms. The summed E-state index contributed by atoms with van der Waals surface area (Å²) in [4.78, 5) is 2.26. The number of likely N-dealkylation sites (N-methyl/N-ethyl adjacent to an activating group) is 1. The van der Waals surface area contributed by atoms with E-state index in [1.807, 2.05) is 25.1 Å². The predicted molar refractivity (Wildman–Crippen MR) is 90.1 cm³/mol. The predicted octanol–water partition coefficient (Wildman–Crippen LogP) is 4.26. The molecule has 2 rings (SSSR count). The number of nitrogens with two attached hydrogens (primary N) is 1. The molecule has 3 nitrogen and oxygen atoms in total. The summed E-state index contributed by atoms with van der Waals surface area (Å²) in [5.41, 5.74) is 7.60. The fourth-order valence-electron chi connectivity index (χ4n) is 2.66. The molecular formula is C17H23BrN2O. The minimum absolute atomic E-state index is 0.0837. The molecule has 0 aliphatic rings. The number of hydrogen-bond acceptors (Lipinski definition) is 3. The lowest BCUT2D eigenvalue weighted by atomic mass is 9.96. The summed E-state index contributed by atoms with van der Waals surface area (Å²) in [5.74, 6) is 1.91. The van der Waals surface area contributed by atoms with Crippen molar-refractivity contribution in [1.29, 1.82) is 0 Å². The highest BCUT2D eigenvalue weighted by Crippen LogP contribution is 2.27. The Morgan fingerprint density at radius 1 is 1.29 bits per heavy atom. The first-order valence-electron chi connectivity index (χ1n) is 7.28. The minimum Gasteiger partial charge on any atom is -0.465 e. The molecule has 2 N–H and O–H groups in total. The molecule has 0 aliphatic heterocycles. The van der Waals surface area contributed by atoms with Crippen molar-refractivity contribution in [3.63, 3.8) is 0 Å². The van der Waals surface area contributed by atoms with Gasteiger partial charge in [-0.1, -0.05) is 35.0 Å². The fourth-order valence-corrected chi connectivity index (χ4v) is 3.07. The molecule has 0 aliphatic carbocycles. The van der Waals surface area contributed by atoms with Gasteiger partial charge in [0, 0.05) is 10.5 Å². The normalized spacial score (nSPS) is 14.4. The molecule has 0 radical (unpaired) electrons. The monoisotopic (exact) mass is 350 g/mol. The van der Waals surface area contributed by atoms with Crippen molar-refractivity contribution in [2.24, 2.45) is 5.73 Å². The van der Waals surface area contributed by atoms with E-state index in [1.54, 1.807) is 0 Å². The van der Waals surface area contributed by atoms with E-state index >= 15 is 0 Å². The van der Waals surface area contributed by atoms with Crippen LogP contribution in [-0.2, 0) is 6.54 Å². The lowest BCUT2D eigenvalue weighted by Gasteiger charge is -2.32. The van der Waals surface area contributed by atoms with Crippen LogP contribution in [0.5, 0.6) is 0 Å². The fraction of sp³-hybridized carbons (Fsp3) is 0.412. The van der Waals surface area contributed by atoms with Crippen LogP contribution >= 0.6 is 15.9 Å². The quantitative estimate of drug-likeness (QED) is 0.846. The molecule has 2 atom stereocenters. The Kier molecular flexibility index (Phi) is 5.62. The van der Waals surface area contributed by atoms with E-state index in [4.69, 9.17) is 10.2 Å². The summed E-state index contributed by atoms with van der Waals surface area (Å²) in [6, 6.07) is 12.6. The Morgan fingerprint density at radius 2 is 2.05 bits per heavy atom. The zero-order valence-corrected chi connectivity index (χ0v) is 14.4. The summed E-state index contributed by atoms with van der Waals surface area (Å²) < 4.78 is 6.76. The van der Waals surface area contributed by atoms with Gasteiger partial charge in [0.15, 0.2) is 0 Å². The van der Waals surface area contributed by atoms with Crippen LogP contribution in [0.25, 0.3) is 0 Å². The molecule has 0 saturated heterocycles. The molecular weight excluding hydrogens is 328 g/mol. The van der Waals surface area contributed by atoms with E-state index in [1.165, 1.54) is 5.56 Å². The third-order valence-electron chi connectivity index (χ3n) is 3.74. The number of hydrogen-bond donors (Lipinski definition) is 1. The Bertz CT molecular complexity index is 582. The van der Waals surface area contributed by atoms with E-state index in [-0.39, 0.29) is 12.1 Å². The second-order valence-electron chi connectivity index (χ2n) is 5.50. The van der Waals surface area contributed by atoms with Crippen LogP contribution in [-0.4, -0.2) is 18.0 Å². The molecule has 2 aromatic rings. The average molecular weight is 351 g/mol. The number of benzene rings is 1. The Balaban J connectivity index is 2.23. The Hall–Kier alpha value is -1.10. The van der Waals surface area contributed by atoms with Crippen molar-refractivity contribution in [3.05, 3.63) is 58.0 Å². The van der Waals surface area contributed by atoms with Crippen LogP contribution in [0.1, 0.15) is 36.5 Å². The number of halogens is 1. The maximum atomic E-state index is 6.37. The van der Waals surface area contributed by atoms with Gasteiger partial charge >= 0.3 is 0 Å². The van der Waals surface area contributed by atoms with Crippen LogP contribution in [0.15, 0.2) is 45.3 Å². The van der Waals surface area contributed by atoms with Gasteiger partial charge in [0.1, 0.15) is 11.5 Å². The van der Waals surface area contributed by atoms with Gasteiger partial charge in [-0.3, -0.25) is 4.90 Å². The number of rotatable bonds is 6. The smallest absolute Gasteiger partial charge is 0.118 e. The largest absolute Gasteiger partial charge is 0.465 e. The van der Waals surface area contributed by atoms with Gasteiger partial charge in [0.05, 0.1) is 12.6 Å². The maximum Gasteiger partial charge on any atom is 0.118 e. The van der Waals surface area contributed by atoms with Crippen molar-refractivity contribution in [1.82, 2.24) is 4.90 Å². The van der Waals surface area contributed by atoms with E-state index < -0.39 is 0 Å². The molecule has 2 unspecified atom stereocenters. The highest BCUT2D eigenvalue weighted by atomic mass is 79.9. The molecule has 4 heteroatoms. The molecule has 0 fully saturated rings. The molecule has 1 heterocycles. The molecule has 21 heavy (non-hydrogen) atoms. The third kappa shape index (κ3) is 4.19. The highest BCUT2D eigenvalue weighted by molar-refractivity contribution is 9.10. The van der Waals surface area contributed by atoms with Gasteiger partial charge in [0.2, 0.25) is 0 Å². The van der Waals surface area contributed by atoms with Crippen molar-refractivity contribution in [2.45, 2.75) is 38.9 Å². The van der Waals surface area contributed by atoms with Crippen molar-refractivity contribution in [3.8, 4) is 0 Å². The number of nitrogens with zero attached hydrogens (tertiary/aromatic N) is 1. The summed E-state index contributed by atoms with van der Waals surface area (Å²) in [6.07, 6.45) is 0.929. The van der Waals surface area contributed by atoms with Gasteiger partial charge in [-0.25, -0.2) is 0 Å². The highest BCUT2D eigenvalue weighted by Gasteiger charge is 2.24. The van der Waals surface area contributed by atoms with Gasteiger partial charge < -0.3 is 10.2 Å². The lowest BCUT2D eigenvalue weighted by Crippen LogP contribution is -2.38. The molecule has 0 saturated carbocycles. The second kappa shape index (κ2) is 7.25. The number of furan rings is 1. The van der Waals surface area contributed by atoms with Crippen LogP contribution in [0.4, 0.5) is 0 Å². The third-order valence-corrected chi connectivity index (χ3v) is 4.24. The van der Waals surface area contributed by atoms with Crippen LogP contribution < -0.4 is 5.73 Å². The second-order valence-corrected chi connectivity index (χ2v) is 6.42. The van der Waals surface area contributed by atoms with Gasteiger partial charge in [-0.15, -0.1) is 0 Å². The minimum atomic E-state index is 0.0837. The van der Waals surface area contributed by atoms with E-state index in [2.05, 4.69) is 53.0 Å². The zero-order chi connectivity index (χ0) is 15.4. The van der Waals surface area contributed by atoms with Crippen molar-refractivity contribution >= 4 is 15.9 Å². The standard InChI is InChI=1S/C17H23BrN2O/c1-4-16(19)17(13-6-5-7-14(18)10-13)20(3)11-15-9-8-12(2)21-15/h5-10,16-17H,4,11,19H2,1-3H3. The number of aryl methyl sites for hydroxylation is 1. The molecule has 0 spiro atoms. The van der Waals surface area contributed by atoms with E-state index in [0.29, 0.717) is 0 Å².